The molecule has 16 heavy (non-hydrogen) atoms. The van der Waals surface area contributed by atoms with E-state index in [0.717, 1.165) is 3.57 Å². The van der Waals surface area contributed by atoms with E-state index in [-0.39, 0.29) is 5.82 Å². The molecule has 0 aromatic heterocycles. The van der Waals surface area contributed by atoms with Crippen molar-refractivity contribution >= 4 is 45.8 Å². The van der Waals surface area contributed by atoms with Gasteiger partial charge in [-0.05, 0) is 59.0 Å². The van der Waals surface area contributed by atoms with Crippen LogP contribution >= 0.6 is 45.8 Å². The van der Waals surface area contributed by atoms with Crippen molar-refractivity contribution in [3.8, 4) is 11.1 Å². The second-order valence-electron chi connectivity index (χ2n) is 3.25. The fraction of sp³-hybridized carbons (Fsp3) is 0. The summed E-state index contributed by atoms with van der Waals surface area (Å²) in [5.74, 6) is -0.301. The molecule has 0 nitrogen and oxygen atoms in total. The van der Waals surface area contributed by atoms with E-state index in [1.165, 1.54) is 6.07 Å². The highest BCUT2D eigenvalue weighted by molar-refractivity contribution is 14.1. The Morgan fingerprint density at radius 1 is 0.938 bits per heavy atom. The Kier molecular flexibility index (Phi) is 3.72. The number of rotatable bonds is 1. The van der Waals surface area contributed by atoms with Crippen LogP contribution in [0.4, 0.5) is 4.39 Å². The lowest BCUT2D eigenvalue weighted by atomic mass is 10.1. The monoisotopic (exact) mass is 366 g/mol. The third-order valence-corrected chi connectivity index (χ3v) is 3.38. The van der Waals surface area contributed by atoms with Crippen molar-refractivity contribution in [2.75, 3.05) is 0 Å². The first-order valence-electron chi connectivity index (χ1n) is 4.48. The lowest BCUT2D eigenvalue weighted by Crippen LogP contribution is -1.87. The molecule has 0 radical (unpaired) electrons. The van der Waals surface area contributed by atoms with E-state index in [1.54, 1.807) is 30.3 Å². The zero-order valence-corrected chi connectivity index (χ0v) is 11.6. The van der Waals surface area contributed by atoms with Gasteiger partial charge in [0.25, 0.3) is 0 Å². The highest BCUT2D eigenvalue weighted by Crippen LogP contribution is 2.32. The summed E-state index contributed by atoms with van der Waals surface area (Å²) in [5, 5.41) is 1.03. The van der Waals surface area contributed by atoms with E-state index in [4.69, 9.17) is 23.2 Å². The molecule has 2 aromatic rings. The Bertz CT molecular complexity index is 491. The van der Waals surface area contributed by atoms with Gasteiger partial charge in [-0.1, -0.05) is 23.2 Å². The van der Waals surface area contributed by atoms with Crippen LogP contribution in [0.1, 0.15) is 0 Å². The molecule has 0 N–H and O–H groups in total. The van der Waals surface area contributed by atoms with Crippen LogP contribution in [-0.4, -0.2) is 0 Å². The van der Waals surface area contributed by atoms with Crippen molar-refractivity contribution in [2.24, 2.45) is 0 Å². The fourth-order valence-electron chi connectivity index (χ4n) is 1.41. The van der Waals surface area contributed by atoms with Gasteiger partial charge >= 0.3 is 0 Å². The van der Waals surface area contributed by atoms with Crippen molar-refractivity contribution in [3.05, 3.63) is 55.8 Å². The van der Waals surface area contributed by atoms with E-state index in [0.29, 0.717) is 21.2 Å². The summed E-state index contributed by atoms with van der Waals surface area (Å²) in [6, 6.07) is 9.88. The summed E-state index contributed by atoms with van der Waals surface area (Å²) in [6.07, 6.45) is 0. The maximum Gasteiger partial charge on any atom is 0.131 e. The van der Waals surface area contributed by atoms with Crippen LogP contribution in [0.25, 0.3) is 11.1 Å². The predicted octanol–water partition coefficient (Wildman–Crippen LogP) is 5.40. The zero-order chi connectivity index (χ0) is 11.7. The van der Waals surface area contributed by atoms with Crippen molar-refractivity contribution in [1.82, 2.24) is 0 Å². The average molecular weight is 367 g/mol. The molecule has 0 bridgehead atoms. The van der Waals surface area contributed by atoms with Gasteiger partial charge < -0.3 is 0 Å². The second-order valence-corrected chi connectivity index (χ2v) is 5.34. The van der Waals surface area contributed by atoms with Gasteiger partial charge in [0.1, 0.15) is 5.82 Å². The van der Waals surface area contributed by atoms with Crippen molar-refractivity contribution in [1.29, 1.82) is 0 Å². The number of halogens is 4. The largest absolute Gasteiger partial charge is 0.206 e. The topological polar surface area (TPSA) is 0 Å². The standard InChI is InChI=1S/C12H6Cl2FI/c13-7-1-3-11(14)9(5-7)10-6-8(16)2-4-12(10)15/h1-6H. The Hall–Kier alpha value is -0.320. The van der Waals surface area contributed by atoms with Crippen LogP contribution in [0.5, 0.6) is 0 Å². The molecule has 0 atom stereocenters. The van der Waals surface area contributed by atoms with E-state index < -0.39 is 0 Å². The minimum absolute atomic E-state index is 0.301. The predicted molar refractivity (Wildman–Crippen MR) is 74.6 cm³/mol. The van der Waals surface area contributed by atoms with Crippen molar-refractivity contribution in [3.63, 3.8) is 0 Å². The van der Waals surface area contributed by atoms with Gasteiger partial charge in [0.05, 0.1) is 0 Å². The molecule has 2 rings (SSSR count). The van der Waals surface area contributed by atoms with Crippen LogP contribution in [0.2, 0.25) is 10.0 Å². The molecular weight excluding hydrogens is 361 g/mol. The Balaban J connectivity index is 2.66. The van der Waals surface area contributed by atoms with Crippen molar-refractivity contribution < 1.29 is 4.39 Å². The summed E-state index contributed by atoms with van der Waals surface area (Å²) in [6.45, 7) is 0. The maximum absolute atomic E-state index is 13.7. The van der Waals surface area contributed by atoms with Crippen LogP contribution in [-0.2, 0) is 0 Å². The van der Waals surface area contributed by atoms with Gasteiger partial charge in [0.15, 0.2) is 0 Å². The van der Waals surface area contributed by atoms with E-state index in [1.807, 2.05) is 0 Å². The summed E-state index contributed by atoms with van der Waals surface area (Å²) in [5.41, 5.74) is 1.09. The van der Waals surface area contributed by atoms with Crippen LogP contribution in [0.15, 0.2) is 36.4 Å². The normalized spacial score (nSPS) is 10.5. The third kappa shape index (κ3) is 2.50. The van der Waals surface area contributed by atoms with Crippen LogP contribution in [0, 0.1) is 9.39 Å². The molecule has 0 unspecified atom stereocenters. The Morgan fingerprint density at radius 2 is 1.69 bits per heavy atom. The molecule has 4 heteroatoms. The number of benzene rings is 2. The third-order valence-electron chi connectivity index (χ3n) is 2.15. The maximum atomic E-state index is 13.7. The Morgan fingerprint density at radius 3 is 2.44 bits per heavy atom. The molecular formula is C12H6Cl2FI. The molecule has 0 fully saturated rings. The highest BCUT2D eigenvalue weighted by atomic mass is 127. The first-order valence-corrected chi connectivity index (χ1v) is 6.32. The quantitative estimate of drug-likeness (QED) is 0.592. The van der Waals surface area contributed by atoms with Crippen molar-refractivity contribution in [2.45, 2.75) is 0 Å². The molecule has 0 aliphatic carbocycles. The molecule has 0 aliphatic rings. The summed E-state index contributed by atoms with van der Waals surface area (Å²) in [7, 11) is 0. The minimum Gasteiger partial charge on any atom is -0.206 e. The van der Waals surface area contributed by atoms with Crippen LogP contribution in [0.3, 0.4) is 0 Å². The minimum atomic E-state index is -0.301. The zero-order valence-electron chi connectivity index (χ0n) is 7.98. The Labute approximate surface area is 117 Å². The lowest BCUT2D eigenvalue weighted by molar-refractivity contribution is 0.631. The van der Waals surface area contributed by atoms with Gasteiger partial charge in [-0.25, -0.2) is 4.39 Å². The fourth-order valence-corrected chi connectivity index (χ4v) is 2.29. The number of hydrogen-bond acceptors (Lipinski definition) is 0. The first-order chi connectivity index (χ1) is 7.58. The van der Waals surface area contributed by atoms with Crippen LogP contribution < -0.4 is 0 Å². The van der Waals surface area contributed by atoms with Gasteiger partial charge in [-0.15, -0.1) is 0 Å². The van der Waals surface area contributed by atoms with Gasteiger partial charge in [0, 0.05) is 24.7 Å². The molecule has 0 saturated heterocycles. The molecule has 0 spiro atoms. The summed E-state index contributed by atoms with van der Waals surface area (Å²) in [4.78, 5) is 0. The van der Waals surface area contributed by atoms with E-state index in [2.05, 4.69) is 22.6 Å². The molecule has 0 aliphatic heterocycles. The van der Waals surface area contributed by atoms with E-state index >= 15 is 0 Å². The number of hydrogen-bond donors (Lipinski definition) is 0. The summed E-state index contributed by atoms with van der Waals surface area (Å²) >= 11 is 14.0. The average Bonchev–Trinajstić information content (AvgIpc) is 2.25. The lowest BCUT2D eigenvalue weighted by Gasteiger charge is -2.07. The SMILES string of the molecule is Fc1ccc(I)cc1-c1cc(Cl)ccc1Cl. The molecule has 0 amide bonds. The van der Waals surface area contributed by atoms with Gasteiger partial charge in [-0.3, -0.25) is 0 Å². The van der Waals surface area contributed by atoms with Gasteiger partial charge in [0.2, 0.25) is 0 Å². The summed E-state index contributed by atoms with van der Waals surface area (Å²) < 4.78 is 14.6. The smallest absolute Gasteiger partial charge is 0.131 e. The second kappa shape index (κ2) is 4.90. The first kappa shape index (κ1) is 12.1. The molecule has 0 saturated carbocycles. The highest BCUT2D eigenvalue weighted by Gasteiger charge is 2.09. The molecule has 2 aromatic carbocycles. The molecule has 0 heterocycles. The van der Waals surface area contributed by atoms with E-state index in [9.17, 15) is 4.39 Å². The van der Waals surface area contributed by atoms with Gasteiger partial charge in [-0.2, -0.15) is 0 Å². The molecule has 82 valence electrons.